The second-order valence-corrected chi connectivity index (χ2v) is 4.67. The van der Waals surface area contributed by atoms with Crippen molar-refractivity contribution in [2.75, 3.05) is 0 Å². The van der Waals surface area contributed by atoms with Gasteiger partial charge in [0.1, 0.15) is 5.82 Å². The highest BCUT2D eigenvalue weighted by Crippen LogP contribution is 2.15. The van der Waals surface area contributed by atoms with E-state index in [1.54, 1.807) is 18.3 Å². The Bertz CT molecular complexity index is 751. The van der Waals surface area contributed by atoms with E-state index in [1.165, 1.54) is 0 Å². The zero-order valence-electron chi connectivity index (χ0n) is 9.95. The Morgan fingerprint density at radius 1 is 1.21 bits per heavy atom. The van der Waals surface area contributed by atoms with Gasteiger partial charge in [0.2, 0.25) is 0 Å². The van der Waals surface area contributed by atoms with Crippen LogP contribution in [-0.4, -0.2) is 20.9 Å². The van der Waals surface area contributed by atoms with Crippen LogP contribution < -0.4 is 0 Å². The van der Waals surface area contributed by atoms with Gasteiger partial charge in [-0.2, -0.15) is 0 Å². The van der Waals surface area contributed by atoms with Crippen molar-refractivity contribution in [2.24, 2.45) is 0 Å². The molecule has 3 rings (SSSR count). The third-order valence-electron chi connectivity index (χ3n) is 2.88. The van der Waals surface area contributed by atoms with Gasteiger partial charge in [-0.3, -0.25) is 9.20 Å². The summed E-state index contributed by atoms with van der Waals surface area (Å²) in [5.74, 6) is 0.779. The van der Waals surface area contributed by atoms with Crippen molar-refractivity contribution in [1.29, 1.82) is 0 Å². The number of hydrogen-bond donors (Lipinski definition) is 0. The first-order chi connectivity index (χ1) is 9.26. The van der Waals surface area contributed by atoms with Gasteiger partial charge in [0.15, 0.2) is 11.9 Å². The Hall–Kier alpha value is -2.20. The molecule has 0 atom stereocenters. The van der Waals surface area contributed by atoms with E-state index in [9.17, 15) is 4.79 Å². The largest absolute Gasteiger partial charge is 0.298 e. The fourth-order valence-corrected chi connectivity index (χ4v) is 2.19. The molecule has 0 unspecified atom stereocenters. The normalized spacial score (nSPS) is 10.8. The van der Waals surface area contributed by atoms with Crippen LogP contribution in [0.3, 0.4) is 0 Å². The first kappa shape index (κ1) is 11.9. The van der Waals surface area contributed by atoms with Crippen molar-refractivity contribution in [3.05, 3.63) is 64.6 Å². The van der Waals surface area contributed by atoms with Crippen LogP contribution in [0.2, 0.25) is 5.02 Å². The quantitative estimate of drug-likeness (QED) is 0.688. The third-order valence-corrected chi connectivity index (χ3v) is 3.12. The Morgan fingerprint density at radius 2 is 2.11 bits per heavy atom. The predicted octanol–water partition coefficient (Wildman–Crippen LogP) is 2.79. The lowest BCUT2D eigenvalue weighted by Crippen LogP contribution is -1.97. The van der Waals surface area contributed by atoms with E-state index >= 15 is 0 Å². The number of aromatic nitrogens is 3. The molecule has 0 aliphatic carbocycles. The molecule has 1 aromatic carbocycles. The minimum absolute atomic E-state index is 0.597. The zero-order valence-corrected chi connectivity index (χ0v) is 10.7. The molecule has 0 aliphatic heterocycles. The van der Waals surface area contributed by atoms with Crippen molar-refractivity contribution in [3.8, 4) is 0 Å². The van der Waals surface area contributed by atoms with E-state index in [0.29, 0.717) is 17.0 Å². The molecule has 0 spiro atoms. The number of halogens is 1. The van der Waals surface area contributed by atoms with E-state index in [-0.39, 0.29) is 0 Å². The summed E-state index contributed by atoms with van der Waals surface area (Å²) in [6.45, 7) is 0. The highest BCUT2D eigenvalue weighted by Gasteiger charge is 2.07. The minimum Gasteiger partial charge on any atom is -0.298 e. The number of hydrogen-bond acceptors (Lipinski definition) is 3. The smallest absolute Gasteiger partial charge is 0.160 e. The summed E-state index contributed by atoms with van der Waals surface area (Å²) in [7, 11) is 0. The van der Waals surface area contributed by atoms with E-state index < -0.39 is 0 Å². The van der Waals surface area contributed by atoms with Gasteiger partial charge in [-0.1, -0.05) is 23.7 Å². The molecule has 0 N–H and O–H groups in total. The van der Waals surface area contributed by atoms with Crippen LogP contribution in [0.25, 0.3) is 5.65 Å². The number of aldehydes is 1. The second kappa shape index (κ2) is 4.82. The SMILES string of the molecule is O=Cc1ccc2nnc(Cc3cccc(Cl)c3)n2c1. The molecule has 0 amide bonds. The van der Waals surface area contributed by atoms with Crippen molar-refractivity contribution >= 4 is 23.5 Å². The molecule has 94 valence electrons. The average molecular weight is 272 g/mol. The Labute approximate surface area is 114 Å². The van der Waals surface area contributed by atoms with Crippen molar-refractivity contribution in [2.45, 2.75) is 6.42 Å². The lowest BCUT2D eigenvalue weighted by atomic mass is 10.1. The van der Waals surface area contributed by atoms with Crippen molar-refractivity contribution in [3.63, 3.8) is 0 Å². The summed E-state index contributed by atoms with van der Waals surface area (Å²) in [6.07, 6.45) is 3.16. The van der Waals surface area contributed by atoms with Crippen LogP contribution in [0.1, 0.15) is 21.7 Å². The summed E-state index contributed by atoms with van der Waals surface area (Å²) in [5, 5.41) is 8.92. The van der Waals surface area contributed by atoms with Crippen molar-refractivity contribution < 1.29 is 4.79 Å². The maximum atomic E-state index is 10.8. The highest BCUT2D eigenvalue weighted by molar-refractivity contribution is 6.30. The number of pyridine rings is 1. The summed E-state index contributed by atoms with van der Waals surface area (Å²) < 4.78 is 1.82. The molecule has 2 heterocycles. The van der Waals surface area contributed by atoms with Gasteiger partial charge in [0.25, 0.3) is 0 Å². The Morgan fingerprint density at radius 3 is 2.89 bits per heavy atom. The van der Waals surface area contributed by atoms with Crippen LogP contribution >= 0.6 is 11.6 Å². The minimum atomic E-state index is 0.597. The van der Waals surface area contributed by atoms with Crippen LogP contribution in [0, 0.1) is 0 Å². The lowest BCUT2D eigenvalue weighted by Gasteiger charge is -2.01. The third kappa shape index (κ3) is 2.35. The van der Waals surface area contributed by atoms with E-state index in [1.807, 2.05) is 28.7 Å². The highest BCUT2D eigenvalue weighted by atomic mass is 35.5. The molecular formula is C14H10ClN3O. The van der Waals surface area contributed by atoms with Crippen LogP contribution in [0.15, 0.2) is 42.6 Å². The van der Waals surface area contributed by atoms with Gasteiger partial charge < -0.3 is 0 Å². The maximum absolute atomic E-state index is 10.8. The van der Waals surface area contributed by atoms with Crippen molar-refractivity contribution in [1.82, 2.24) is 14.6 Å². The van der Waals surface area contributed by atoms with Gasteiger partial charge in [-0.15, -0.1) is 10.2 Å². The van der Waals surface area contributed by atoms with Gasteiger partial charge in [0, 0.05) is 23.2 Å². The second-order valence-electron chi connectivity index (χ2n) is 4.23. The molecule has 4 nitrogen and oxygen atoms in total. The molecule has 0 saturated heterocycles. The first-order valence-corrected chi connectivity index (χ1v) is 6.17. The number of carbonyl (C=O) groups is 1. The molecule has 2 aromatic heterocycles. The maximum Gasteiger partial charge on any atom is 0.160 e. The van der Waals surface area contributed by atoms with Gasteiger partial charge in [0.05, 0.1) is 0 Å². The standard InChI is InChI=1S/C14H10ClN3O/c15-12-3-1-2-10(6-12)7-14-17-16-13-5-4-11(9-19)8-18(13)14/h1-6,8-9H,7H2. The molecule has 19 heavy (non-hydrogen) atoms. The lowest BCUT2D eigenvalue weighted by molar-refractivity contribution is 0.112. The zero-order chi connectivity index (χ0) is 13.2. The number of nitrogens with zero attached hydrogens (tertiary/aromatic N) is 3. The molecule has 0 bridgehead atoms. The number of rotatable bonds is 3. The van der Waals surface area contributed by atoms with Gasteiger partial charge >= 0.3 is 0 Å². The fourth-order valence-electron chi connectivity index (χ4n) is 1.97. The molecule has 0 aliphatic rings. The summed E-state index contributed by atoms with van der Waals surface area (Å²) in [6, 6.07) is 11.1. The van der Waals surface area contributed by atoms with E-state index in [0.717, 1.165) is 23.3 Å². The molecule has 5 heteroatoms. The Kier molecular flexibility index (Phi) is 3.01. The molecular weight excluding hydrogens is 262 g/mol. The van der Waals surface area contributed by atoms with Crippen LogP contribution in [0.5, 0.6) is 0 Å². The van der Waals surface area contributed by atoms with E-state index in [4.69, 9.17) is 11.6 Å². The summed E-state index contributed by atoms with van der Waals surface area (Å²) >= 11 is 5.96. The molecule has 0 fully saturated rings. The number of carbonyl (C=O) groups excluding carboxylic acids is 1. The number of benzene rings is 1. The molecule has 0 radical (unpaired) electrons. The summed E-state index contributed by atoms with van der Waals surface area (Å²) in [5.41, 5.74) is 2.38. The van der Waals surface area contributed by atoms with Gasteiger partial charge in [-0.05, 0) is 29.8 Å². The average Bonchev–Trinajstić information content (AvgIpc) is 2.81. The monoisotopic (exact) mass is 271 g/mol. The predicted molar refractivity (Wildman–Crippen MR) is 72.6 cm³/mol. The first-order valence-electron chi connectivity index (χ1n) is 5.79. The molecule has 3 aromatic rings. The topological polar surface area (TPSA) is 47.3 Å². The molecule has 0 saturated carbocycles. The summed E-state index contributed by atoms with van der Waals surface area (Å²) in [4.78, 5) is 10.8. The number of fused-ring (bicyclic) bond motifs is 1. The van der Waals surface area contributed by atoms with Gasteiger partial charge in [-0.25, -0.2) is 0 Å². The van der Waals surface area contributed by atoms with Crippen LogP contribution in [-0.2, 0) is 6.42 Å². The van der Waals surface area contributed by atoms with E-state index in [2.05, 4.69) is 10.2 Å². The fraction of sp³-hybridized carbons (Fsp3) is 0.0714. The Balaban J connectivity index is 2.03. The van der Waals surface area contributed by atoms with Crippen LogP contribution in [0.4, 0.5) is 0 Å².